The van der Waals surface area contributed by atoms with Gasteiger partial charge in [-0.25, -0.2) is 5.10 Å². The van der Waals surface area contributed by atoms with Crippen molar-refractivity contribution >= 4 is 0 Å². The molecule has 0 aromatic carbocycles. The zero-order chi connectivity index (χ0) is 7.11. The second kappa shape index (κ2) is 9.31. The smallest absolute Gasteiger partial charge is 0.0262 e. The molecule has 0 aliphatic rings. The molecule has 1 heterocycles. The van der Waals surface area contributed by atoms with Gasteiger partial charge < -0.3 is 17.2 Å². The maximum atomic E-state index is 3.78. The van der Waals surface area contributed by atoms with Crippen LogP contribution in [0.1, 0.15) is 13.8 Å². The second-order valence-electron chi connectivity index (χ2n) is 1.69. The van der Waals surface area contributed by atoms with Gasteiger partial charge in [0.05, 0.1) is 0 Å². The Morgan fingerprint density at radius 2 is 2.00 bits per heavy atom. The summed E-state index contributed by atoms with van der Waals surface area (Å²) in [6, 6.07) is 2.78. The number of rotatable bonds is 0. The van der Waals surface area contributed by atoms with Gasteiger partial charge in [0.15, 0.2) is 0 Å². The average Bonchev–Trinajstić information content (AvgIpc) is 2.20. The van der Waals surface area contributed by atoms with E-state index in [2.05, 4.69) is 11.2 Å². The summed E-state index contributed by atoms with van der Waals surface area (Å²) >= 11 is 0. The monoisotopic (exact) mass is 213 g/mol. The maximum Gasteiger partial charge on any atom is 0.0262 e. The van der Waals surface area contributed by atoms with Gasteiger partial charge >= 0.3 is 0 Å². The minimum absolute atomic E-state index is 0. The van der Waals surface area contributed by atoms with Gasteiger partial charge in [-0.3, -0.25) is 0 Å². The number of hydrogen-bond donors (Lipinski definition) is 0. The van der Waals surface area contributed by atoms with Crippen LogP contribution in [-0.2, 0) is 39.8 Å². The summed E-state index contributed by atoms with van der Waals surface area (Å²) < 4.78 is 1.69. The molecule has 1 rings (SSSR count). The zero-order valence-corrected chi connectivity index (χ0v) is 9.54. The van der Waals surface area contributed by atoms with Crippen LogP contribution in [-0.4, -0.2) is 9.78 Å². The zero-order valence-electron chi connectivity index (χ0n) is 6.70. The molecule has 0 aliphatic heterocycles. The SMILES string of the molecule is C[CH-]C.Cn1c[c-]cn1.[Y]. The topological polar surface area (TPSA) is 17.8 Å². The first kappa shape index (κ1) is 12.9. The minimum Gasteiger partial charge on any atom is -0.432 e. The fourth-order valence-electron chi connectivity index (χ4n) is 0.299. The quantitative estimate of drug-likeness (QED) is 0.596. The van der Waals surface area contributed by atoms with Crippen LogP contribution in [0.3, 0.4) is 0 Å². The normalized spacial score (nSPS) is 7.10. The van der Waals surface area contributed by atoms with E-state index >= 15 is 0 Å². The Kier molecular flexibility index (Phi) is 12.1. The van der Waals surface area contributed by atoms with Gasteiger partial charge in [0.1, 0.15) is 0 Å². The third-order valence-corrected chi connectivity index (χ3v) is 0.576. The Bertz CT molecular complexity index is 126. The standard InChI is InChI=1S/C4H5N2.C3H7.Y/c1-6-4-2-3-5-6;1-3-2;/h3-4H,1H3;3H,1-2H3;/q2*-1;. The first-order valence-electron chi connectivity index (χ1n) is 2.90. The Morgan fingerprint density at radius 3 is 2.10 bits per heavy atom. The second-order valence-corrected chi connectivity index (χ2v) is 1.69. The molecule has 0 aliphatic carbocycles. The van der Waals surface area contributed by atoms with E-state index in [1.54, 1.807) is 17.1 Å². The van der Waals surface area contributed by atoms with Crippen molar-refractivity contribution < 1.29 is 32.7 Å². The summed E-state index contributed by atoms with van der Waals surface area (Å²) in [6.07, 6.45) is 5.39. The molecule has 55 valence electrons. The Morgan fingerprint density at radius 1 is 1.50 bits per heavy atom. The van der Waals surface area contributed by atoms with Gasteiger partial charge in [0.25, 0.3) is 0 Å². The molecule has 10 heavy (non-hydrogen) atoms. The molecular formula is C7H12N2Y-2. The number of aromatic nitrogens is 2. The molecule has 0 saturated carbocycles. The molecule has 0 unspecified atom stereocenters. The van der Waals surface area contributed by atoms with Crippen LogP contribution in [0.5, 0.6) is 0 Å². The predicted molar refractivity (Wildman–Crippen MR) is 37.7 cm³/mol. The van der Waals surface area contributed by atoms with Gasteiger partial charge in [-0.1, -0.05) is 0 Å². The first-order chi connectivity index (χ1) is 4.31. The molecule has 0 saturated heterocycles. The van der Waals surface area contributed by atoms with Crippen molar-refractivity contribution in [1.82, 2.24) is 9.78 Å². The van der Waals surface area contributed by atoms with Gasteiger partial charge in [-0.05, 0) is 0 Å². The van der Waals surface area contributed by atoms with E-state index < -0.39 is 0 Å². The fraction of sp³-hybridized carbons (Fsp3) is 0.429. The molecule has 1 aromatic rings. The van der Waals surface area contributed by atoms with Crippen LogP contribution in [0, 0.1) is 12.5 Å². The van der Waals surface area contributed by atoms with E-state index in [0.717, 1.165) is 0 Å². The molecule has 1 aromatic heterocycles. The van der Waals surface area contributed by atoms with E-state index in [9.17, 15) is 0 Å². The van der Waals surface area contributed by atoms with Crippen LogP contribution < -0.4 is 0 Å². The van der Waals surface area contributed by atoms with Crippen molar-refractivity contribution in [1.29, 1.82) is 0 Å². The van der Waals surface area contributed by atoms with Crippen molar-refractivity contribution in [3.63, 3.8) is 0 Å². The maximum absolute atomic E-state index is 3.78. The molecule has 0 bridgehead atoms. The van der Waals surface area contributed by atoms with Crippen molar-refractivity contribution in [2.24, 2.45) is 7.05 Å². The van der Waals surface area contributed by atoms with Crippen molar-refractivity contribution in [2.75, 3.05) is 0 Å². The van der Waals surface area contributed by atoms with Gasteiger partial charge in [0, 0.05) is 39.8 Å². The Hall–Kier alpha value is 0.314. The van der Waals surface area contributed by atoms with Crippen molar-refractivity contribution in [2.45, 2.75) is 13.8 Å². The van der Waals surface area contributed by atoms with Crippen LogP contribution >= 0.6 is 0 Å². The minimum atomic E-state index is 0. The van der Waals surface area contributed by atoms with Crippen LogP contribution in [0.25, 0.3) is 0 Å². The average molecular weight is 213 g/mol. The summed E-state index contributed by atoms with van der Waals surface area (Å²) in [7, 11) is 1.86. The van der Waals surface area contributed by atoms with E-state index in [0.29, 0.717) is 0 Å². The summed E-state index contributed by atoms with van der Waals surface area (Å²) in [5.74, 6) is 0. The summed E-state index contributed by atoms with van der Waals surface area (Å²) in [4.78, 5) is 0. The van der Waals surface area contributed by atoms with Gasteiger partial charge in [-0.2, -0.15) is 20.0 Å². The predicted octanol–water partition coefficient (Wildman–Crippen LogP) is 1.45. The van der Waals surface area contributed by atoms with E-state index in [1.807, 2.05) is 27.3 Å². The summed E-state index contributed by atoms with van der Waals surface area (Å²) in [5, 5.41) is 3.78. The first-order valence-corrected chi connectivity index (χ1v) is 2.90. The third kappa shape index (κ3) is 8.31. The van der Waals surface area contributed by atoms with Gasteiger partial charge in [-0.15, -0.1) is 6.20 Å². The molecule has 0 amide bonds. The fourth-order valence-corrected chi connectivity index (χ4v) is 0.299. The number of nitrogens with zero attached hydrogens (tertiary/aromatic N) is 2. The largest absolute Gasteiger partial charge is 0.432 e. The van der Waals surface area contributed by atoms with Crippen LogP contribution in [0.4, 0.5) is 0 Å². The van der Waals surface area contributed by atoms with E-state index in [4.69, 9.17) is 0 Å². The molecule has 0 spiro atoms. The van der Waals surface area contributed by atoms with E-state index in [-0.39, 0.29) is 32.7 Å². The van der Waals surface area contributed by atoms with Crippen molar-refractivity contribution in [3.05, 3.63) is 24.9 Å². The molecule has 1 radical (unpaired) electrons. The Labute approximate surface area is 87.9 Å². The van der Waals surface area contributed by atoms with Crippen LogP contribution in [0.15, 0.2) is 12.4 Å². The van der Waals surface area contributed by atoms with Gasteiger partial charge in [0.2, 0.25) is 0 Å². The summed E-state index contributed by atoms with van der Waals surface area (Å²) in [5.41, 5.74) is 0. The van der Waals surface area contributed by atoms with Crippen molar-refractivity contribution in [3.8, 4) is 0 Å². The molecule has 3 heteroatoms. The van der Waals surface area contributed by atoms with E-state index in [1.165, 1.54) is 0 Å². The molecule has 2 nitrogen and oxygen atoms in total. The summed E-state index contributed by atoms with van der Waals surface area (Å²) in [6.45, 7) is 4.00. The molecular weight excluding hydrogens is 201 g/mol. The molecule has 0 fully saturated rings. The number of hydrogen-bond acceptors (Lipinski definition) is 1. The van der Waals surface area contributed by atoms with Crippen LogP contribution in [0.2, 0.25) is 0 Å². The molecule has 0 N–H and O–H groups in total. The number of aryl methyl sites for hydroxylation is 1. The Balaban J connectivity index is 0. The third-order valence-electron chi connectivity index (χ3n) is 0.576. The molecule has 0 atom stereocenters.